The van der Waals surface area contributed by atoms with Crippen LogP contribution >= 0.6 is 0 Å². The van der Waals surface area contributed by atoms with Crippen LogP contribution in [0.4, 0.5) is 5.69 Å². The van der Waals surface area contributed by atoms with Crippen molar-refractivity contribution in [1.82, 2.24) is 20.9 Å². The molecule has 3 amide bonds. The first-order chi connectivity index (χ1) is 26.1. The smallest absolute Gasteiger partial charge is 0.274 e. The molecule has 5 atom stereocenters. The van der Waals surface area contributed by atoms with Gasteiger partial charge in [-0.05, 0) is 46.2 Å². The summed E-state index contributed by atoms with van der Waals surface area (Å²) >= 11 is 0. The summed E-state index contributed by atoms with van der Waals surface area (Å²) in [5.41, 5.74) is 3.82. The number of nitrogens with zero attached hydrogens (tertiary/aromatic N) is 1. The van der Waals surface area contributed by atoms with E-state index in [0.29, 0.717) is 11.5 Å². The molecule has 0 aliphatic carbocycles. The van der Waals surface area contributed by atoms with E-state index in [-0.39, 0.29) is 29.8 Å². The zero-order valence-corrected chi connectivity index (χ0v) is 30.5. The van der Waals surface area contributed by atoms with Crippen molar-refractivity contribution in [1.29, 1.82) is 0 Å². The van der Waals surface area contributed by atoms with E-state index < -0.39 is 53.6 Å². The highest BCUT2D eigenvalue weighted by molar-refractivity contribution is 5.95. The van der Waals surface area contributed by atoms with Crippen molar-refractivity contribution in [3.63, 3.8) is 0 Å². The molecule has 4 bridgehead atoms. The molecule has 3 unspecified atom stereocenters. The molecule has 276 valence electrons. The minimum Gasteiger partial charge on any atom is -0.469 e. The number of aliphatic hydroxyl groups excluding tert-OH is 1. The van der Waals surface area contributed by atoms with Gasteiger partial charge in [-0.15, -0.1) is 0 Å². The maximum atomic E-state index is 14.9. The van der Waals surface area contributed by atoms with E-state index in [1.807, 2.05) is 117 Å². The minimum absolute atomic E-state index is 0.0660. The first-order valence-electron chi connectivity index (χ1n) is 18.4. The molecule has 11 heteroatoms. The van der Waals surface area contributed by atoms with Crippen molar-refractivity contribution >= 4 is 23.4 Å². The van der Waals surface area contributed by atoms with Crippen LogP contribution in [0.1, 0.15) is 89.7 Å². The van der Waals surface area contributed by atoms with Crippen LogP contribution in [0.15, 0.2) is 108 Å². The Morgan fingerprint density at radius 1 is 0.870 bits per heavy atom. The summed E-state index contributed by atoms with van der Waals surface area (Å²) in [5, 5.41) is 23.3. The average molecular weight is 726 g/mol. The highest BCUT2D eigenvalue weighted by Crippen LogP contribution is 2.58. The summed E-state index contributed by atoms with van der Waals surface area (Å²) in [5.74, 6) is -1.16. The summed E-state index contributed by atoms with van der Waals surface area (Å²) in [4.78, 5) is 47.2. The summed E-state index contributed by atoms with van der Waals surface area (Å²) in [7, 11) is 0. The molecule has 1 spiro atoms. The van der Waals surface area contributed by atoms with Crippen molar-refractivity contribution in [3.8, 4) is 5.75 Å². The van der Waals surface area contributed by atoms with E-state index in [1.165, 1.54) is 0 Å². The topological polar surface area (TPSA) is 155 Å². The average Bonchev–Trinajstić information content (AvgIpc) is 3.85. The number of amides is 3. The van der Waals surface area contributed by atoms with Gasteiger partial charge in [0.25, 0.3) is 5.91 Å². The second-order valence-corrected chi connectivity index (χ2v) is 15.0. The predicted octanol–water partition coefficient (Wildman–Crippen LogP) is 5.54. The molecule has 0 fully saturated rings. The number of nitrogens with one attached hydrogen (secondary N) is 4. The van der Waals surface area contributed by atoms with E-state index in [9.17, 15) is 19.5 Å². The Balaban J connectivity index is 1.32. The summed E-state index contributed by atoms with van der Waals surface area (Å²) < 4.78 is 13.5. The van der Waals surface area contributed by atoms with Gasteiger partial charge in [0.1, 0.15) is 29.4 Å². The van der Waals surface area contributed by atoms with Crippen LogP contribution in [0.25, 0.3) is 0 Å². The highest BCUT2D eigenvalue weighted by Gasteiger charge is 2.61. The van der Waals surface area contributed by atoms with Crippen molar-refractivity contribution in [3.05, 3.63) is 148 Å². The standard InChI is InChI=1S/C43H43N5O6/c1-23(2)33-41-48-35(39(51)47-34(26-13-7-5-8-14-26)27-15-9-6-10-16-27)37(54-41)43-28-17-11-12-18-30(28)45-42(43)53-32-20-19-25(21-29(32)43)22-31(38(50)46-33)44-40(52)36(49)24(3)4/h5-21,23-24,31,33-34,36,42,45,49H,22H2,1-4H3,(H,44,52)(H,46,50)(H,47,51)/t31-,33-,36?,42?,43?/m0/s1. The second-order valence-electron chi connectivity index (χ2n) is 15.0. The number of carbonyl (C=O) groups is 3. The SMILES string of the molecule is CC(C)C(O)C(=O)N[C@H]1Cc2ccc3c(c2)C2(c4ccccc4NC2O3)c2oc(nc2C(=O)NC(c2ccccc2)c2ccccc2)[C@H](C(C)C)NC1=O. The number of benzene rings is 4. The molecule has 3 aliphatic heterocycles. The number of ether oxygens (including phenoxy) is 1. The molecule has 0 saturated heterocycles. The van der Waals surface area contributed by atoms with Crippen molar-refractivity contribution < 1.29 is 28.6 Å². The van der Waals surface area contributed by atoms with Crippen LogP contribution in [0.3, 0.4) is 0 Å². The number of oxazole rings is 1. The molecule has 5 N–H and O–H groups in total. The third kappa shape index (κ3) is 5.89. The third-order valence-corrected chi connectivity index (χ3v) is 10.7. The van der Waals surface area contributed by atoms with Crippen LogP contribution < -0.4 is 26.0 Å². The van der Waals surface area contributed by atoms with Crippen LogP contribution in [0, 0.1) is 11.8 Å². The fraction of sp³-hybridized carbons (Fsp3) is 0.302. The van der Waals surface area contributed by atoms with Crippen LogP contribution in [0.5, 0.6) is 5.75 Å². The number of hydrogen-bond donors (Lipinski definition) is 5. The lowest BCUT2D eigenvalue weighted by atomic mass is 9.72. The molecule has 54 heavy (non-hydrogen) atoms. The van der Waals surface area contributed by atoms with E-state index >= 15 is 0 Å². The van der Waals surface area contributed by atoms with Gasteiger partial charge < -0.3 is 35.5 Å². The minimum atomic E-state index is -1.30. The number of anilines is 1. The first-order valence-corrected chi connectivity index (χ1v) is 18.4. The molecular weight excluding hydrogens is 683 g/mol. The first kappa shape index (κ1) is 35.1. The fourth-order valence-electron chi connectivity index (χ4n) is 7.87. The van der Waals surface area contributed by atoms with Crippen molar-refractivity contribution in [2.45, 2.75) is 70.0 Å². The van der Waals surface area contributed by atoms with Gasteiger partial charge in [-0.3, -0.25) is 14.4 Å². The number of fused-ring (bicyclic) bond motifs is 4. The predicted molar refractivity (Wildman–Crippen MR) is 202 cm³/mol. The molecule has 8 rings (SSSR count). The van der Waals surface area contributed by atoms with E-state index in [4.69, 9.17) is 14.1 Å². The Bertz CT molecular complexity index is 2180. The Morgan fingerprint density at radius 3 is 2.20 bits per heavy atom. The lowest BCUT2D eigenvalue weighted by Gasteiger charge is -2.29. The Hall–Kier alpha value is -5.94. The highest BCUT2D eigenvalue weighted by atomic mass is 16.5. The normalized spacial score (nSPS) is 21.6. The number of para-hydroxylation sites is 1. The largest absolute Gasteiger partial charge is 0.469 e. The van der Waals surface area contributed by atoms with Crippen LogP contribution in [0.2, 0.25) is 0 Å². The monoisotopic (exact) mass is 725 g/mol. The Morgan fingerprint density at radius 2 is 1.54 bits per heavy atom. The van der Waals surface area contributed by atoms with Gasteiger partial charge in [0.2, 0.25) is 17.7 Å². The van der Waals surface area contributed by atoms with E-state index in [0.717, 1.165) is 33.5 Å². The molecular formula is C43H43N5O6. The maximum Gasteiger partial charge on any atom is 0.274 e. The zero-order chi connectivity index (χ0) is 37.7. The molecule has 3 aliphatic rings. The van der Waals surface area contributed by atoms with Crippen LogP contribution in [-0.2, 0) is 21.4 Å². The fourth-order valence-corrected chi connectivity index (χ4v) is 7.87. The number of aromatic nitrogens is 1. The van der Waals surface area contributed by atoms with Gasteiger partial charge in [0.15, 0.2) is 17.7 Å². The van der Waals surface area contributed by atoms with Gasteiger partial charge in [-0.25, -0.2) is 4.98 Å². The van der Waals surface area contributed by atoms with Crippen molar-refractivity contribution in [2.24, 2.45) is 11.8 Å². The van der Waals surface area contributed by atoms with E-state index in [2.05, 4.69) is 21.3 Å². The van der Waals surface area contributed by atoms with E-state index in [1.54, 1.807) is 13.8 Å². The Labute approximate surface area is 313 Å². The molecule has 1 aromatic heterocycles. The Kier molecular flexibility index (Phi) is 8.97. The molecule has 0 radical (unpaired) electrons. The van der Waals surface area contributed by atoms with Gasteiger partial charge in [0, 0.05) is 17.7 Å². The third-order valence-electron chi connectivity index (χ3n) is 10.7. The number of hydrogen-bond acceptors (Lipinski definition) is 8. The molecule has 11 nitrogen and oxygen atoms in total. The quantitative estimate of drug-likeness (QED) is 0.140. The number of rotatable bonds is 8. The summed E-state index contributed by atoms with van der Waals surface area (Å²) in [6.07, 6.45) is -1.87. The summed E-state index contributed by atoms with van der Waals surface area (Å²) in [6, 6.07) is 30.6. The van der Waals surface area contributed by atoms with Gasteiger partial charge in [0.05, 0.1) is 6.04 Å². The van der Waals surface area contributed by atoms with Gasteiger partial charge >= 0.3 is 0 Å². The van der Waals surface area contributed by atoms with Crippen molar-refractivity contribution in [2.75, 3.05) is 5.32 Å². The molecule has 5 aromatic rings. The molecule has 0 saturated carbocycles. The van der Waals surface area contributed by atoms with Gasteiger partial charge in [-0.2, -0.15) is 0 Å². The lowest BCUT2D eigenvalue weighted by molar-refractivity contribution is -0.135. The summed E-state index contributed by atoms with van der Waals surface area (Å²) in [6.45, 7) is 7.31. The second kappa shape index (κ2) is 13.8. The number of carbonyl (C=O) groups excluding carboxylic acids is 3. The zero-order valence-electron chi connectivity index (χ0n) is 30.5. The van der Waals surface area contributed by atoms with Crippen LogP contribution in [-0.4, -0.2) is 46.2 Å². The molecule has 4 heterocycles. The molecule has 4 aromatic carbocycles. The number of aliphatic hydroxyl groups is 1. The maximum absolute atomic E-state index is 14.9. The van der Waals surface area contributed by atoms with Gasteiger partial charge in [-0.1, -0.05) is 119 Å². The lowest BCUT2D eigenvalue weighted by Crippen LogP contribution is -2.52.